The normalized spacial score (nSPS) is 14.3. The lowest BCUT2D eigenvalue weighted by molar-refractivity contribution is -0.119. The number of carbonyl (C=O) groups is 1. The standard InChI is InChI=1S/C8H16ClNO/c1-6(8(2,3)4)10-7(11)5-9/h6H,5H2,1-4H3,(H,10,11)/t6-/m1/s1. The van der Waals surface area contributed by atoms with Gasteiger partial charge in [-0.2, -0.15) is 0 Å². The minimum absolute atomic E-state index is 0.0421. The molecule has 2 nitrogen and oxygen atoms in total. The summed E-state index contributed by atoms with van der Waals surface area (Å²) in [6.07, 6.45) is 0. The molecule has 66 valence electrons. The van der Waals surface area contributed by atoms with Crippen LogP contribution in [0.3, 0.4) is 0 Å². The molecular weight excluding hydrogens is 162 g/mol. The molecule has 0 aromatic heterocycles. The van der Waals surface area contributed by atoms with Crippen LogP contribution in [0, 0.1) is 5.41 Å². The molecule has 0 radical (unpaired) electrons. The molecular formula is C8H16ClNO. The molecule has 1 amide bonds. The molecule has 0 aliphatic rings. The highest BCUT2D eigenvalue weighted by Gasteiger charge is 2.20. The fourth-order valence-electron chi connectivity index (χ4n) is 0.497. The van der Waals surface area contributed by atoms with Crippen LogP contribution in [0.2, 0.25) is 0 Å². The Kier molecular flexibility index (Phi) is 3.87. The van der Waals surface area contributed by atoms with E-state index in [2.05, 4.69) is 26.1 Å². The Labute approximate surface area is 73.3 Å². The number of nitrogens with one attached hydrogen (secondary N) is 1. The number of rotatable bonds is 2. The molecule has 0 saturated carbocycles. The van der Waals surface area contributed by atoms with Crippen LogP contribution < -0.4 is 5.32 Å². The van der Waals surface area contributed by atoms with Gasteiger partial charge < -0.3 is 5.32 Å². The van der Waals surface area contributed by atoms with Crippen molar-refractivity contribution in [1.82, 2.24) is 5.32 Å². The zero-order valence-corrected chi connectivity index (χ0v) is 8.33. The van der Waals surface area contributed by atoms with E-state index in [-0.39, 0.29) is 23.2 Å². The number of hydrogen-bond acceptors (Lipinski definition) is 1. The number of amides is 1. The zero-order valence-electron chi connectivity index (χ0n) is 7.57. The van der Waals surface area contributed by atoms with E-state index in [1.807, 2.05) is 6.92 Å². The van der Waals surface area contributed by atoms with Crippen LogP contribution in [0.4, 0.5) is 0 Å². The van der Waals surface area contributed by atoms with Crippen LogP contribution in [0.15, 0.2) is 0 Å². The topological polar surface area (TPSA) is 29.1 Å². The second-order valence-corrected chi connectivity index (χ2v) is 4.06. The summed E-state index contributed by atoms with van der Waals surface area (Å²) in [7, 11) is 0. The van der Waals surface area contributed by atoms with Gasteiger partial charge >= 0.3 is 0 Å². The quantitative estimate of drug-likeness (QED) is 0.641. The van der Waals surface area contributed by atoms with Gasteiger partial charge in [-0.3, -0.25) is 4.79 Å². The average Bonchev–Trinajstić information content (AvgIpc) is 1.85. The maximum Gasteiger partial charge on any atom is 0.235 e. The number of carbonyl (C=O) groups excluding carboxylic acids is 1. The van der Waals surface area contributed by atoms with Crippen molar-refractivity contribution < 1.29 is 4.79 Å². The third kappa shape index (κ3) is 4.25. The van der Waals surface area contributed by atoms with Crippen molar-refractivity contribution in [2.75, 3.05) is 5.88 Å². The first-order valence-corrected chi connectivity index (χ1v) is 4.26. The smallest absolute Gasteiger partial charge is 0.235 e. The number of halogens is 1. The first-order chi connectivity index (χ1) is 4.88. The largest absolute Gasteiger partial charge is 0.352 e. The summed E-state index contributed by atoms with van der Waals surface area (Å²) < 4.78 is 0. The summed E-state index contributed by atoms with van der Waals surface area (Å²) in [5.74, 6) is -0.0606. The van der Waals surface area contributed by atoms with Crippen molar-refractivity contribution in [1.29, 1.82) is 0 Å². The lowest BCUT2D eigenvalue weighted by Gasteiger charge is -2.27. The van der Waals surface area contributed by atoms with E-state index in [1.54, 1.807) is 0 Å². The van der Waals surface area contributed by atoms with Crippen LogP contribution in [0.1, 0.15) is 27.7 Å². The molecule has 1 atom stereocenters. The van der Waals surface area contributed by atoms with Gasteiger partial charge in [0.15, 0.2) is 0 Å². The third-order valence-corrected chi connectivity index (χ3v) is 2.04. The fourth-order valence-corrected chi connectivity index (χ4v) is 0.574. The maximum atomic E-state index is 10.8. The molecule has 0 unspecified atom stereocenters. The molecule has 0 fully saturated rings. The van der Waals surface area contributed by atoms with Crippen molar-refractivity contribution in [3.8, 4) is 0 Å². The maximum absolute atomic E-state index is 10.8. The van der Waals surface area contributed by atoms with Gasteiger partial charge in [0.25, 0.3) is 0 Å². The van der Waals surface area contributed by atoms with E-state index in [9.17, 15) is 4.79 Å². The summed E-state index contributed by atoms with van der Waals surface area (Å²) >= 11 is 5.33. The highest BCUT2D eigenvalue weighted by Crippen LogP contribution is 2.18. The highest BCUT2D eigenvalue weighted by molar-refractivity contribution is 6.27. The van der Waals surface area contributed by atoms with Crippen LogP contribution in [-0.2, 0) is 4.79 Å². The van der Waals surface area contributed by atoms with Crippen LogP contribution in [0.25, 0.3) is 0 Å². The molecule has 0 heterocycles. The predicted molar refractivity (Wildman–Crippen MR) is 47.8 cm³/mol. The molecule has 1 N–H and O–H groups in total. The fraction of sp³-hybridized carbons (Fsp3) is 0.875. The Morgan fingerprint density at radius 1 is 1.55 bits per heavy atom. The van der Waals surface area contributed by atoms with Gasteiger partial charge in [-0.05, 0) is 12.3 Å². The van der Waals surface area contributed by atoms with Crippen molar-refractivity contribution >= 4 is 17.5 Å². The first kappa shape index (κ1) is 10.8. The summed E-state index contributed by atoms with van der Waals surface area (Å²) in [5, 5.41) is 2.80. The Morgan fingerprint density at radius 2 is 2.00 bits per heavy atom. The van der Waals surface area contributed by atoms with E-state index in [1.165, 1.54) is 0 Å². The minimum Gasteiger partial charge on any atom is -0.352 e. The molecule has 0 rings (SSSR count). The third-order valence-electron chi connectivity index (χ3n) is 1.80. The van der Waals surface area contributed by atoms with Gasteiger partial charge in [0.05, 0.1) is 0 Å². The van der Waals surface area contributed by atoms with Gasteiger partial charge in [0.2, 0.25) is 5.91 Å². The number of alkyl halides is 1. The van der Waals surface area contributed by atoms with Gasteiger partial charge in [-0.15, -0.1) is 11.6 Å². The van der Waals surface area contributed by atoms with Gasteiger partial charge in [-0.1, -0.05) is 20.8 Å². The van der Waals surface area contributed by atoms with Crippen LogP contribution in [0.5, 0.6) is 0 Å². The monoisotopic (exact) mass is 177 g/mol. The molecule has 0 aliphatic heterocycles. The molecule has 0 aromatic carbocycles. The van der Waals surface area contributed by atoms with Crippen molar-refractivity contribution in [2.24, 2.45) is 5.41 Å². The Morgan fingerprint density at radius 3 is 2.27 bits per heavy atom. The van der Waals surface area contributed by atoms with Crippen molar-refractivity contribution in [3.63, 3.8) is 0 Å². The Bertz CT molecular complexity index is 140. The van der Waals surface area contributed by atoms with Crippen LogP contribution >= 0.6 is 11.6 Å². The Balaban J connectivity index is 3.87. The molecule has 3 heteroatoms. The first-order valence-electron chi connectivity index (χ1n) is 3.73. The summed E-state index contributed by atoms with van der Waals surface area (Å²) in [6, 6.07) is 0.161. The predicted octanol–water partition coefficient (Wildman–Crippen LogP) is 1.78. The summed E-state index contributed by atoms with van der Waals surface area (Å²) in [4.78, 5) is 10.8. The van der Waals surface area contributed by atoms with Crippen LogP contribution in [-0.4, -0.2) is 17.8 Å². The van der Waals surface area contributed by atoms with E-state index in [0.717, 1.165) is 0 Å². The second-order valence-electron chi connectivity index (χ2n) is 3.79. The van der Waals surface area contributed by atoms with E-state index in [4.69, 9.17) is 11.6 Å². The minimum atomic E-state index is -0.103. The number of hydrogen-bond donors (Lipinski definition) is 1. The zero-order chi connectivity index (χ0) is 9.07. The van der Waals surface area contributed by atoms with Crippen molar-refractivity contribution in [2.45, 2.75) is 33.7 Å². The Hall–Kier alpha value is -0.240. The second kappa shape index (κ2) is 3.96. The summed E-state index contributed by atoms with van der Waals surface area (Å²) in [5.41, 5.74) is 0.0989. The van der Waals surface area contributed by atoms with Gasteiger partial charge in [0, 0.05) is 6.04 Å². The van der Waals surface area contributed by atoms with E-state index in [0.29, 0.717) is 0 Å². The molecule has 0 bridgehead atoms. The highest BCUT2D eigenvalue weighted by atomic mass is 35.5. The summed E-state index contributed by atoms with van der Waals surface area (Å²) in [6.45, 7) is 8.20. The lowest BCUT2D eigenvalue weighted by Crippen LogP contribution is -2.41. The van der Waals surface area contributed by atoms with Gasteiger partial charge in [-0.25, -0.2) is 0 Å². The van der Waals surface area contributed by atoms with E-state index < -0.39 is 0 Å². The van der Waals surface area contributed by atoms with Gasteiger partial charge in [0.1, 0.15) is 5.88 Å². The lowest BCUT2D eigenvalue weighted by atomic mass is 9.88. The average molecular weight is 178 g/mol. The SMILES string of the molecule is C[C@@H](NC(=O)CCl)C(C)(C)C. The molecule has 0 saturated heterocycles. The molecule has 0 aliphatic carbocycles. The van der Waals surface area contributed by atoms with E-state index >= 15 is 0 Å². The molecule has 0 spiro atoms. The van der Waals surface area contributed by atoms with Crippen molar-refractivity contribution in [3.05, 3.63) is 0 Å². The molecule has 0 aromatic rings. The molecule has 11 heavy (non-hydrogen) atoms.